The van der Waals surface area contributed by atoms with Crippen molar-refractivity contribution in [3.63, 3.8) is 0 Å². The number of para-hydroxylation sites is 1. The summed E-state index contributed by atoms with van der Waals surface area (Å²) >= 11 is 0. The molecule has 0 amide bonds. The molecule has 3 rings (SSSR count). The van der Waals surface area contributed by atoms with Gasteiger partial charge in [0.15, 0.2) is 0 Å². The number of nitrogens with zero attached hydrogens (tertiary/aromatic N) is 1. The lowest BCUT2D eigenvalue weighted by molar-refractivity contribution is -0.118. The molecule has 0 aliphatic carbocycles. The van der Waals surface area contributed by atoms with E-state index in [1.165, 1.54) is 19.1 Å². The van der Waals surface area contributed by atoms with Gasteiger partial charge in [-0.3, -0.25) is 4.79 Å². The Hall–Kier alpha value is -2.72. The highest BCUT2D eigenvalue weighted by Crippen LogP contribution is 2.37. The molecule has 0 saturated carbocycles. The summed E-state index contributed by atoms with van der Waals surface area (Å²) in [6, 6.07) is 14.7. The number of aliphatic hydroxyl groups excluding tert-OH is 1. The normalized spacial score (nSPS) is 13.0. The molecule has 0 saturated heterocycles. The maximum Gasteiger partial charge on any atom is 0.132 e. The highest BCUT2D eigenvalue weighted by molar-refractivity contribution is 6.01. The average molecular weight is 365 g/mol. The van der Waals surface area contributed by atoms with Crippen LogP contribution >= 0.6 is 0 Å². The van der Waals surface area contributed by atoms with Crippen LogP contribution in [0.4, 0.5) is 4.39 Å². The summed E-state index contributed by atoms with van der Waals surface area (Å²) in [6.45, 7) is 5.67. The van der Waals surface area contributed by atoms with Gasteiger partial charge in [0.25, 0.3) is 0 Å². The van der Waals surface area contributed by atoms with Crippen molar-refractivity contribution in [3.05, 3.63) is 66.1 Å². The summed E-state index contributed by atoms with van der Waals surface area (Å²) < 4.78 is 15.6. The van der Waals surface area contributed by atoms with Crippen LogP contribution < -0.4 is 0 Å². The molecule has 1 aromatic heterocycles. The Balaban J connectivity index is 2.24. The zero-order valence-corrected chi connectivity index (χ0v) is 15.8. The third-order valence-corrected chi connectivity index (χ3v) is 4.57. The predicted molar refractivity (Wildman–Crippen MR) is 108 cm³/mol. The van der Waals surface area contributed by atoms with Gasteiger partial charge in [-0.25, -0.2) is 4.39 Å². The number of benzene rings is 2. The maximum atomic E-state index is 13.4. The van der Waals surface area contributed by atoms with E-state index in [0.717, 1.165) is 27.7 Å². The van der Waals surface area contributed by atoms with Gasteiger partial charge < -0.3 is 9.67 Å². The maximum absolute atomic E-state index is 13.4. The van der Waals surface area contributed by atoms with E-state index in [1.54, 1.807) is 18.2 Å². The van der Waals surface area contributed by atoms with Gasteiger partial charge in [-0.15, -0.1) is 0 Å². The summed E-state index contributed by atoms with van der Waals surface area (Å²) in [4.78, 5) is 11.3. The Bertz CT molecular complexity index is 984. The van der Waals surface area contributed by atoms with E-state index in [9.17, 15) is 14.3 Å². The SMILES string of the molecule is CC(=O)C[C@H](O)/C=C/c1c(-c2ccc(F)cc2)c2ccccc2n1C(C)C. The summed E-state index contributed by atoms with van der Waals surface area (Å²) in [6.07, 6.45) is 2.78. The summed E-state index contributed by atoms with van der Waals surface area (Å²) in [7, 11) is 0. The van der Waals surface area contributed by atoms with E-state index in [4.69, 9.17) is 0 Å². The molecule has 0 aliphatic heterocycles. The standard InChI is InChI=1S/C23H24FNO2/c1-15(2)25-21-7-5-4-6-20(21)23(17-8-10-18(24)11-9-17)22(25)13-12-19(27)14-16(3)26/h4-13,15,19,27H,14H2,1-3H3/b13-12+/t19-/m1/s1. The van der Waals surface area contributed by atoms with Gasteiger partial charge in [-0.2, -0.15) is 0 Å². The number of hydrogen-bond donors (Lipinski definition) is 1. The van der Waals surface area contributed by atoms with Gasteiger partial charge in [-0.05, 0) is 50.6 Å². The van der Waals surface area contributed by atoms with Crippen LogP contribution in [0.15, 0.2) is 54.6 Å². The molecule has 0 bridgehead atoms. The second-order valence-corrected chi connectivity index (χ2v) is 7.08. The van der Waals surface area contributed by atoms with Crippen molar-refractivity contribution in [2.24, 2.45) is 0 Å². The largest absolute Gasteiger partial charge is 0.389 e. The third-order valence-electron chi connectivity index (χ3n) is 4.57. The number of halogens is 1. The Morgan fingerprint density at radius 2 is 1.81 bits per heavy atom. The number of aromatic nitrogens is 1. The fourth-order valence-corrected chi connectivity index (χ4v) is 3.49. The Kier molecular flexibility index (Phi) is 5.57. The van der Waals surface area contributed by atoms with Crippen molar-refractivity contribution in [1.29, 1.82) is 0 Å². The molecular formula is C23H24FNO2. The topological polar surface area (TPSA) is 42.2 Å². The van der Waals surface area contributed by atoms with Crippen molar-refractivity contribution in [2.45, 2.75) is 39.3 Å². The molecule has 3 nitrogen and oxygen atoms in total. The number of aliphatic hydroxyl groups is 1. The monoisotopic (exact) mass is 365 g/mol. The number of rotatable bonds is 6. The molecule has 1 atom stereocenters. The van der Waals surface area contributed by atoms with Crippen LogP contribution in [0.3, 0.4) is 0 Å². The molecule has 0 aliphatic rings. The van der Waals surface area contributed by atoms with E-state index < -0.39 is 6.10 Å². The van der Waals surface area contributed by atoms with E-state index >= 15 is 0 Å². The number of hydrogen-bond acceptors (Lipinski definition) is 2. The van der Waals surface area contributed by atoms with Crippen LogP contribution in [0.5, 0.6) is 0 Å². The average Bonchev–Trinajstić information content (AvgIpc) is 2.94. The molecule has 4 heteroatoms. The minimum Gasteiger partial charge on any atom is -0.389 e. The highest BCUT2D eigenvalue weighted by atomic mass is 19.1. The predicted octanol–water partition coefficient (Wildman–Crippen LogP) is 5.38. The number of Topliss-reactive ketones (excluding diaryl/α,β-unsaturated/α-hetero) is 1. The number of fused-ring (bicyclic) bond motifs is 1. The van der Waals surface area contributed by atoms with Crippen LogP contribution in [-0.4, -0.2) is 21.6 Å². The smallest absolute Gasteiger partial charge is 0.132 e. The molecular weight excluding hydrogens is 341 g/mol. The Morgan fingerprint density at radius 3 is 2.44 bits per heavy atom. The van der Waals surface area contributed by atoms with Crippen LogP contribution in [0, 0.1) is 5.82 Å². The summed E-state index contributed by atoms with van der Waals surface area (Å²) in [5, 5.41) is 11.2. The van der Waals surface area contributed by atoms with Crippen molar-refractivity contribution >= 4 is 22.8 Å². The molecule has 140 valence electrons. The van der Waals surface area contributed by atoms with E-state index in [0.29, 0.717) is 0 Å². The van der Waals surface area contributed by atoms with Gasteiger partial charge >= 0.3 is 0 Å². The van der Waals surface area contributed by atoms with Gasteiger partial charge in [0.05, 0.1) is 6.10 Å². The van der Waals surface area contributed by atoms with Crippen LogP contribution in [-0.2, 0) is 4.79 Å². The molecule has 1 N–H and O–H groups in total. The lowest BCUT2D eigenvalue weighted by Crippen LogP contribution is -2.08. The first-order valence-corrected chi connectivity index (χ1v) is 9.13. The lowest BCUT2D eigenvalue weighted by atomic mass is 10.0. The zero-order chi connectivity index (χ0) is 19.6. The number of carbonyl (C=O) groups is 1. The van der Waals surface area contributed by atoms with Gasteiger partial charge in [0.2, 0.25) is 0 Å². The Labute approximate surface area is 158 Å². The van der Waals surface area contributed by atoms with Gasteiger partial charge in [0, 0.05) is 34.6 Å². The lowest BCUT2D eigenvalue weighted by Gasteiger charge is -2.14. The van der Waals surface area contributed by atoms with Gasteiger partial charge in [0.1, 0.15) is 11.6 Å². The quantitative estimate of drug-likeness (QED) is 0.637. The number of ketones is 1. The van der Waals surface area contributed by atoms with Crippen molar-refractivity contribution in [1.82, 2.24) is 4.57 Å². The minimum atomic E-state index is -0.831. The van der Waals surface area contributed by atoms with E-state index in [1.807, 2.05) is 18.2 Å². The molecule has 0 fully saturated rings. The summed E-state index contributed by atoms with van der Waals surface area (Å²) in [5.74, 6) is -0.337. The molecule has 1 heterocycles. The fourth-order valence-electron chi connectivity index (χ4n) is 3.49. The zero-order valence-electron chi connectivity index (χ0n) is 15.8. The van der Waals surface area contributed by atoms with Crippen LogP contribution in [0.1, 0.15) is 38.9 Å². The van der Waals surface area contributed by atoms with Crippen molar-refractivity contribution in [3.8, 4) is 11.1 Å². The van der Waals surface area contributed by atoms with Crippen LogP contribution in [0.2, 0.25) is 0 Å². The molecule has 3 aromatic rings. The van der Waals surface area contributed by atoms with E-state index in [2.05, 4.69) is 30.5 Å². The number of carbonyl (C=O) groups excluding carboxylic acids is 1. The third kappa shape index (κ3) is 4.01. The van der Waals surface area contributed by atoms with Gasteiger partial charge in [-0.1, -0.05) is 36.4 Å². The highest BCUT2D eigenvalue weighted by Gasteiger charge is 2.18. The second kappa shape index (κ2) is 7.89. The first-order valence-electron chi connectivity index (χ1n) is 9.13. The van der Waals surface area contributed by atoms with E-state index in [-0.39, 0.29) is 24.1 Å². The summed E-state index contributed by atoms with van der Waals surface area (Å²) in [5.41, 5.74) is 3.91. The molecule has 27 heavy (non-hydrogen) atoms. The minimum absolute atomic E-state index is 0.0599. The molecule has 2 aromatic carbocycles. The van der Waals surface area contributed by atoms with Crippen LogP contribution in [0.25, 0.3) is 28.1 Å². The first-order chi connectivity index (χ1) is 12.9. The second-order valence-electron chi connectivity index (χ2n) is 7.08. The van der Waals surface area contributed by atoms with Crippen molar-refractivity contribution < 1.29 is 14.3 Å². The first kappa shape index (κ1) is 19.1. The molecule has 0 spiro atoms. The molecule has 0 radical (unpaired) electrons. The molecule has 0 unspecified atom stereocenters. The fraction of sp³-hybridized carbons (Fsp3) is 0.261. The van der Waals surface area contributed by atoms with Crippen molar-refractivity contribution in [2.75, 3.05) is 0 Å². The Morgan fingerprint density at radius 1 is 1.15 bits per heavy atom.